The summed E-state index contributed by atoms with van der Waals surface area (Å²) < 4.78 is 7.74. The van der Waals surface area contributed by atoms with E-state index in [1.54, 1.807) is 6.92 Å². The Bertz CT molecular complexity index is 1500. The zero-order chi connectivity index (χ0) is 26.8. The van der Waals surface area contributed by atoms with Crippen LogP contribution in [0.15, 0.2) is 40.9 Å². The predicted octanol–water partition coefficient (Wildman–Crippen LogP) is 4.44. The van der Waals surface area contributed by atoms with Crippen LogP contribution < -0.4 is 0 Å². The van der Waals surface area contributed by atoms with Crippen molar-refractivity contribution in [3.8, 4) is 17.2 Å². The minimum atomic E-state index is 0.150. The van der Waals surface area contributed by atoms with Crippen LogP contribution in [0.25, 0.3) is 22.2 Å². The molecule has 8 nitrogen and oxygen atoms in total. The van der Waals surface area contributed by atoms with Gasteiger partial charge in [-0.15, -0.1) is 0 Å². The molecule has 1 aliphatic rings. The first-order valence-electron chi connectivity index (χ1n) is 13.2. The Hall–Kier alpha value is -3.96. The molecule has 0 spiro atoms. The molecular weight excluding hydrogens is 476 g/mol. The summed E-state index contributed by atoms with van der Waals surface area (Å²) in [6.07, 6.45) is 1.59. The molecule has 0 aliphatic carbocycles. The molecule has 4 aromatic rings. The van der Waals surface area contributed by atoms with Gasteiger partial charge in [-0.25, -0.2) is 4.98 Å². The number of nitriles is 1. The van der Waals surface area contributed by atoms with E-state index in [2.05, 4.69) is 45.0 Å². The number of benzene rings is 2. The number of nitrogens with zero attached hydrogens (tertiary/aromatic N) is 6. The van der Waals surface area contributed by atoms with Crippen molar-refractivity contribution in [3.05, 3.63) is 70.4 Å². The molecule has 0 saturated carbocycles. The molecule has 38 heavy (non-hydrogen) atoms. The monoisotopic (exact) mass is 510 g/mol. The molecular formula is C30H34N6O2. The van der Waals surface area contributed by atoms with E-state index in [1.165, 1.54) is 0 Å². The van der Waals surface area contributed by atoms with Gasteiger partial charge in [0.15, 0.2) is 0 Å². The van der Waals surface area contributed by atoms with Crippen molar-refractivity contribution in [2.75, 3.05) is 32.7 Å². The minimum absolute atomic E-state index is 0.150. The normalized spacial score (nSPS) is 14.2. The Labute approximate surface area is 223 Å². The van der Waals surface area contributed by atoms with Crippen LogP contribution in [0, 0.1) is 32.1 Å². The Morgan fingerprint density at radius 2 is 1.82 bits per heavy atom. The molecule has 1 aliphatic heterocycles. The molecule has 1 amide bonds. The first-order valence-corrected chi connectivity index (χ1v) is 13.2. The van der Waals surface area contributed by atoms with Crippen molar-refractivity contribution in [1.82, 2.24) is 24.5 Å². The molecule has 8 heteroatoms. The number of imidazole rings is 1. The number of carbonyl (C=O) groups is 1. The third-order valence-corrected chi connectivity index (χ3v) is 7.67. The number of hydrogen-bond acceptors (Lipinski definition) is 6. The van der Waals surface area contributed by atoms with E-state index in [1.807, 2.05) is 37.8 Å². The first kappa shape index (κ1) is 25.7. The second kappa shape index (κ2) is 10.8. The highest BCUT2D eigenvalue weighted by molar-refractivity contribution is 5.83. The van der Waals surface area contributed by atoms with Crippen LogP contribution in [0.3, 0.4) is 0 Å². The second-order valence-electron chi connectivity index (χ2n) is 10.2. The van der Waals surface area contributed by atoms with Crippen LogP contribution in [0.4, 0.5) is 0 Å². The molecule has 0 radical (unpaired) electrons. The largest absolute Gasteiger partial charge is 0.361 e. The van der Waals surface area contributed by atoms with E-state index >= 15 is 0 Å². The number of carbonyl (C=O) groups excluding carboxylic acids is 1. The number of aromatic nitrogens is 3. The predicted molar refractivity (Wildman–Crippen MR) is 147 cm³/mol. The smallest absolute Gasteiger partial charge is 0.219 e. The fraction of sp³-hybridized carbons (Fsp3) is 0.400. The Balaban J connectivity index is 1.42. The second-order valence-corrected chi connectivity index (χ2v) is 10.2. The van der Waals surface area contributed by atoms with Gasteiger partial charge in [0.25, 0.3) is 0 Å². The van der Waals surface area contributed by atoms with Crippen molar-refractivity contribution >= 4 is 16.9 Å². The van der Waals surface area contributed by atoms with E-state index in [0.717, 1.165) is 108 Å². The lowest BCUT2D eigenvalue weighted by Gasteiger charge is -2.34. The lowest BCUT2D eigenvalue weighted by Crippen LogP contribution is -2.48. The maximum absolute atomic E-state index is 11.7. The number of amides is 1. The van der Waals surface area contributed by atoms with Crippen LogP contribution in [-0.4, -0.2) is 63.1 Å². The van der Waals surface area contributed by atoms with Gasteiger partial charge < -0.3 is 14.0 Å². The summed E-state index contributed by atoms with van der Waals surface area (Å²) in [5, 5.41) is 13.6. The average Bonchev–Trinajstić information content (AvgIpc) is 3.44. The standard InChI is InChI=1S/C30H34N6O2/c1-20-5-6-24(17-26(20)19-31)7-10-29-32-27-18-25(30-21(2)33-38-22(30)3)8-9-28(27)36(29)16-13-34-11-14-35(15-12-34)23(4)37/h5-6,8-9,17-18H,7,10-16H2,1-4H3. The molecule has 5 rings (SSSR count). The van der Waals surface area contributed by atoms with Crippen molar-refractivity contribution in [1.29, 1.82) is 5.26 Å². The van der Waals surface area contributed by atoms with Gasteiger partial charge in [-0.2, -0.15) is 5.26 Å². The van der Waals surface area contributed by atoms with Gasteiger partial charge in [0, 0.05) is 58.2 Å². The summed E-state index contributed by atoms with van der Waals surface area (Å²) >= 11 is 0. The highest BCUT2D eigenvalue weighted by Gasteiger charge is 2.20. The topological polar surface area (TPSA) is 91.2 Å². The van der Waals surface area contributed by atoms with Crippen molar-refractivity contribution in [3.63, 3.8) is 0 Å². The third-order valence-electron chi connectivity index (χ3n) is 7.67. The maximum Gasteiger partial charge on any atom is 0.219 e. The number of aryl methyl sites for hydroxylation is 5. The molecule has 1 fully saturated rings. The van der Waals surface area contributed by atoms with Gasteiger partial charge in [0.1, 0.15) is 11.6 Å². The number of hydrogen-bond donors (Lipinski definition) is 0. The van der Waals surface area contributed by atoms with Crippen LogP contribution in [-0.2, 0) is 24.2 Å². The molecule has 2 aromatic heterocycles. The van der Waals surface area contributed by atoms with Gasteiger partial charge in [0.05, 0.1) is 28.4 Å². The van der Waals surface area contributed by atoms with Crippen LogP contribution in [0.1, 0.15) is 40.9 Å². The summed E-state index contributed by atoms with van der Waals surface area (Å²) in [5.41, 5.74) is 7.89. The molecule has 0 unspecified atom stereocenters. The SMILES string of the molecule is CC(=O)N1CCN(CCn2c(CCc3ccc(C)c(C#N)c3)nc3cc(-c4c(C)noc4C)ccc32)CC1. The minimum Gasteiger partial charge on any atom is -0.361 e. The fourth-order valence-corrected chi connectivity index (χ4v) is 5.40. The van der Waals surface area contributed by atoms with Crippen LogP contribution in [0.2, 0.25) is 0 Å². The summed E-state index contributed by atoms with van der Waals surface area (Å²) in [6.45, 7) is 12.6. The Kier molecular flexibility index (Phi) is 7.30. The van der Waals surface area contributed by atoms with Gasteiger partial charge in [-0.05, 0) is 62.1 Å². The van der Waals surface area contributed by atoms with E-state index in [9.17, 15) is 10.1 Å². The summed E-state index contributed by atoms with van der Waals surface area (Å²) in [7, 11) is 0. The van der Waals surface area contributed by atoms with Gasteiger partial charge in [-0.3, -0.25) is 9.69 Å². The maximum atomic E-state index is 11.7. The van der Waals surface area contributed by atoms with Gasteiger partial charge >= 0.3 is 0 Å². The van der Waals surface area contributed by atoms with Gasteiger partial charge in [-0.1, -0.05) is 23.4 Å². The lowest BCUT2D eigenvalue weighted by atomic mass is 10.0. The molecule has 0 atom stereocenters. The van der Waals surface area contributed by atoms with E-state index in [0.29, 0.717) is 0 Å². The van der Waals surface area contributed by atoms with E-state index < -0.39 is 0 Å². The lowest BCUT2D eigenvalue weighted by molar-refractivity contribution is -0.130. The number of piperazine rings is 1. The van der Waals surface area contributed by atoms with E-state index in [4.69, 9.17) is 9.51 Å². The molecule has 196 valence electrons. The van der Waals surface area contributed by atoms with Crippen LogP contribution >= 0.6 is 0 Å². The highest BCUT2D eigenvalue weighted by Crippen LogP contribution is 2.30. The van der Waals surface area contributed by atoms with Crippen molar-refractivity contribution in [2.24, 2.45) is 0 Å². The molecule has 0 bridgehead atoms. The quantitative estimate of drug-likeness (QED) is 0.365. The van der Waals surface area contributed by atoms with Crippen molar-refractivity contribution in [2.45, 2.75) is 47.1 Å². The van der Waals surface area contributed by atoms with Crippen LogP contribution in [0.5, 0.6) is 0 Å². The first-order chi connectivity index (χ1) is 18.3. The number of rotatable bonds is 7. The molecule has 2 aromatic carbocycles. The summed E-state index contributed by atoms with van der Waals surface area (Å²) in [6, 6.07) is 14.8. The molecule has 0 N–H and O–H groups in total. The Morgan fingerprint density at radius 1 is 1.03 bits per heavy atom. The van der Waals surface area contributed by atoms with Gasteiger partial charge in [0.2, 0.25) is 5.91 Å². The highest BCUT2D eigenvalue weighted by atomic mass is 16.5. The van der Waals surface area contributed by atoms with E-state index in [-0.39, 0.29) is 5.91 Å². The zero-order valence-electron chi connectivity index (χ0n) is 22.6. The summed E-state index contributed by atoms with van der Waals surface area (Å²) in [5.74, 6) is 1.99. The average molecular weight is 511 g/mol. The number of fused-ring (bicyclic) bond motifs is 1. The molecule has 1 saturated heterocycles. The van der Waals surface area contributed by atoms with Crippen molar-refractivity contribution < 1.29 is 9.32 Å². The fourth-order valence-electron chi connectivity index (χ4n) is 5.40. The third kappa shape index (κ3) is 5.20. The molecule has 3 heterocycles. The summed E-state index contributed by atoms with van der Waals surface area (Å²) in [4.78, 5) is 21.1. The zero-order valence-corrected chi connectivity index (χ0v) is 22.6. The Morgan fingerprint density at radius 3 is 2.50 bits per heavy atom.